The molecule has 2 aromatic rings. The lowest BCUT2D eigenvalue weighted by atomic mass is 10.2. The summed E-state index contributed by atoms with van der Waals surface area (Å²) in [6, 6.07) is 14.0. The number of benzene rings is 2. The second-order valence-corrected chi connectivity index (χ2v) is 6.39. The number of nitrogens with one attached hydrogen (secondary N) is 2. The summed E-state index contributed by atoms with van der Waals surface area (Å²) < 4.78 is 1.03. The van der Waals surface area contributed by atoms with Gasteiger partial charge in [-0.25, -0.2) is 5.43 Å². The molecule has 2 rings (SSSR count). The van der Waals surface area contributed by atoms with E-state index in [1.807, 2.05) is 24.3 Å². The molecule has 0 fully saturated rings. The summed E-state index contributed by atoms with van der Waals surface area (Å²) in [5.74, 6) is -0.549. The summed E-state index contributed by atoms with van der Waals surface area (Å²) in [5.41, 5.74) is 10.3. The normalized spacial score (nSPS) is 11.0. The van der Waals surface area contributed by atoms with Crippen molar-refractivity contribution in [3.63, 3.8) is 0 Å². The van der Waals surface area contributed by atoms with E-state index in [-0.39, 0.29) is 18.2 Å². The minimum Gasteiger partial charge on any atom is -0.399 e. The number of amides is 2. The highest BCUT2D eigenvalue weighted by Crippen LogP contribution is 2.12. The highest BCUT2D eigenvalue weighted by atomic mass is 127. The Labute approximate surface area is 153 Å². The standard InChI is InChI=1S/C17H17IN4O2/c1-11(9-16(23)20-15-4-2-3-13(18)10-15)21-22-17(24)12-5-7-14(19)8-6-12/h2-8,10H,9,19H2,1H3,(H,20,23)(H,22,24)/b21-11-. The van der Waals surface area contributed by atoms with Crippen molar-refractivity contribution in [2.24, 2.45) is 5.10 Å². The molecule has 0 aliphatic rings. The van der Waals surface area contributed by atoms with Crippen LogP contribution >= 0.6 is 22.6 Å². The first-order chi connectivity index (χ1) is 11.4. The van der Waals surface area contributed by atoms with Crippen molar-refractivity contribution in [2.45, 2.75) is 13.3 Å². The van der Waals surface area contributed by atoms with Crippen LogP contribution in [0.15, 0.2) is 53.6 Å². The smallest absolute Gasteiger partial charge is 0.271 e. The van der Waals surface area contributed by atoms with Gasteiger partial charge in [-0.1, -0.05) is 6.07 Å². The molecule has 0 heterocycles. The first kappa shape index (κ1) is 17.9. The average Bonchev–Trinajstić information content (AvgIpc) is 2.53. The maximum absolute atomic E-state index is 12.0. The van der Waals surface area contributed by atoms with Gasteiger partial charge in [0.05, 0.1) is 6.42 Å². The molecule has 0 saturated carbocycles. The van der Waals surface area contributed by atoms with E-state index in [2.05, 4.69) is 38.4 Å². The molecule has 0 saturated heterocycles. The van der Waals surface area contributed by atoms with E-state index in [1.165, 1.54) is 0 Å². The summed E-state index contributed by atoms with van der Waals surface area (Å²) in [6.45, 7) is 1.68. The molecular formula is C17H17IN4O2. The second-order valence-electron chi connectivity index (χ2n) is 5.15. The highest BCUT2D eigenvalue weighted by molar-refractivity contribution is 14.1. The first-order valence-electron chi connectivity index (χ1n) is 7.18. The fraction of sp³-hybridized carbons (Fsp3) is 0.118. The molecule has 7 heteroatoms. The van der Waals surface area contributed by atoms with E-state index < -0.39 is 0 Å². The first-order valence-corrected chi connectivity index (χ1v) is 8.26. The molecule has 2 amide bonds. The summed E-state index contributed by atoms with van der Waals surface area (Å²) in [5, 5.41) is 6.73. The SMILES string of the molecule is C/C(CC(=O)Nc1cccc(I)c1)=N/NC(=O)c1ccc(N)cc1. The van der Waals surface area contributed by atoms with Crippen molar-refractivity contribution in [1.29, 1.82) is 0 Å². The van der Waals surface area contributed by atoms with E-state index in [9.17, 15) is 9.59 Å². The van der Waals surface area contributed by atoms with Crippen LogP contribution in [0.2, 0.25) is 0 Å². The lowest BCUT2D eigenvalue weighted by molar-refractivity contribution is -0.115. The van der Waals surface area contributed by atoms with Gasteiger partial charge >= 0.3 is 0 Å². The number of nitrogens with two attached hydrogens (primary N) is 1. The number of nitrogens with zero attached hydrogens (tertiary/aromatic N) is 1. The highest BCUT2D eigenvalue weighted by Gasteiger charge is 2.07. The van der Waals surface area contributed by atoms with E-state index in [4.69, 9.17) is 5.73 Å². The Morgan fingerprint density at radius 3 is 2.54 bits per heavy atom. The molecule has 4 N–H and O–H groups in total. The molecule has 0 bridgehead atoms. The van der Waals surface area contributed by atoms with Crippen LogP contribution in [0.25, 0.3) is 0 Å². The van der Waals surface area contributed by atoms with Crippen LogP contribution in [-0.2, 0) is 4.79 Å². The van der Waals surface area contributed by atoms with Gasteiger partial charge in [-0.3, -0.25) is 9.59 Å². The zero-order valence-corrected chi connectivity index (χ0v) is 15.2. The molecule has 6 nitrogen and oxygen atoms in total. The van der Waals surface area contributed by atoms with Gasteiger partial charge in [0.15, 0.2) is 0 Å². The fourth-order valence-corrected chi connectivity index (χ4v) is 2.43. The van der Waals surface area contributed by atoms with E-state index in [0.29, 0.717) is 17.0 Å². The minimum absolute atomic E-state index is 0.0908. The molecule has 0 aliphatic heterocycles. The van der Waals surface area contributed by atoms with Gasteiger partial charge in [-0.05, 0) is 72.0 Å². The van der Waals surface area contributed by atoms with E-state index >= 15 is 0 Å². The van der Waals surface area contributed by atoms with Crippen LogP contribution < -0.4 is 16.5 Å². The fourth-order valence-electron chi connectivity index (χ4n) is 1.89. The predicted molar refractivity (Wildman–Crippen MR) is 104 cm³/mol. The van der Waals surface area contributed by atoms with Crippen LogP contribution in [0, 0.1) is 3.57 Å². The number of halogens is 1. The Hall–Kier alpha value is -2.42. The second kappa shape index (κ2) is 8.44. The summed E-state index contributed by atoms with van der Waals surface area (Å²) in [6.07, 6.45) is 0.0908. The van der Waals surface area contributed by atoms with Gasteiger partial charge in [0.1, 0.15) is 0 Å². The molecule has 0 atom stereocenters. The Kier molecular flexibility index (Phi) is 6.30. The Morgan fingerprint density at radius 1 is 1.17 bits per heavy atom. The maximum Gasteiger partial charge on any atom is 0.271 e. The summed E-state index contributed by atoms with van der Waals surface area (Å²) in [7, 11) is 0. The number of carbonyl (C=O) groups excluding carboxylic acids is 2. The van der Waals surface area contributed by atoms with Gasteiger partial charge in [0.25, 0.3) is 5.91 Å². The van der Waals surface area contributed by atoms with Crippen molar-refractivity contribution in [3.05, 3.63) is 57.7 Å². The summed E-state index contributed by atoms with van der Waals surface area (Å²) >= 11 is 2.18. The number of nitrogen functional groups attached to an aromatic ring is 1. The Balaban J connectivity index is 1.87. The monoisotopic (exact) mass is 436 g/mol. The Morgan fingerprint density at radius 2 is 1.88 bits per heavy atom. The molecule has 0 aliphatic carbocycles. The number of hydrogen-bond donors (Lipinski definition) is 3. The van der Waals surface area contributed by atoms with Crippen molar-refractivity contribution in [3.8, 4) is 0 Å². The van der Waals surface area contributed by atoms with Crippen molar-refractivity contribution < 1.29 is 9.59 Å². The van der Waals surface area contributed by atoms with Gasteiger partial charge < -0.3 is 11.1 Å². The van der Waals surface area contributed by atoms with Crippen LogP contribution in [0.4, 0.5) is 11.4 Å². The van der Waals surface area contributed by atoms with Crippen LogP contribution in [0.3, 0.4) is 0 Å². The third-order valence-electron chi connectivity index (χ3n) is 3.05. The molecule has 0 spiro atoms. The molecular weight excluding hydrogens is 419 g/mol. The van der Waals surface area contributed by atoms with Crippen LogP contribution in [-0.4, -0.2) is 17.5 Å². The largest absolute Gasteiger partial charge is 0.399 e. The molecule has 0 radical (unpaired) electrons. The van der Waals surface area contributed by atoms with Crippen molar-refractivity contribution in [2.75, 3.05) is 11.1 Å². The topological polar surface area (TPSA) is 96.6 Å². The number of carbonyl (C=O) groups is 2. The zero-order chi connectivity index (χ0) is 17.5. The van der Waals surface area contributed by atoms with Crippen LogP contribution in [0.5, 0.6) is 0 Å². The third-order valence-corrected chi connectivity index (χ3v) is 3.72. The predicted octanol–water partition coefficient (Wildman–Crippen LogP) is 3.01. The maximum atomic E-state index is 12.0. The third kappa shape index (κ3) is 5.65. The molecule has 124 valence electrons. The Bertz CT molecular complexity index is 772. The minimum atomic E-state index is -0.354. The summed E-state index contributed by atoms with van der Waals surface area (Å²) in [4.78, 5) is 23.9. The average molecular weight is 436 g/mol. The quantitative estimate of drug-likeness (QED) is 0.291. The van der Waals surface area contributed by atoms with Crippen molar-refractivity contribution in [1.82, 2.24) is 5.43 Å². The van der Waals surface area contributed by atoms with Gasteiger partial charge in [0, 0.05) is 26.2 Å². The lowest BCUT2D eigenvalue weighted by Crippen LogP contribution is -2.21. The number of hydrazone groups is 1. The van der Waals surface area contributed by atoms with Crippen molar-refractivity contribution >= 4 is 51.5 Å². The molecule has 2 aromatic carbocycles. The number of hydrogen-bond acceptors (Lipinski definition) is 4. The van der Waals surface area contributed by atoms with E-state index in [0.717, 1.165) is 9.26 Å². The number of anilines is 2. The van der Waals surface area contributed by atoms with Gasteiger partial charge in [-0.2, -0.15) is 5.10 Å². The van der Waals surface area contributed by atoms with Gasteiger partial charge in [0.2, 0.25) is 5.91 Å². The molecule has 0 aromatic heterocycles. The molecule has 24 heavy (non-hydrogen) atoms. The zero-order valence-electron chi connectivity index (χ0n) is 13.0. The number of rotatable bonds is 5. The lowest BCUT2D eigenvalue weighted by Gasteiger charge is -2.06. The molecule has 0 unspecified atom stereocenters. The van der Waals surface area contributed by atoms with E-state index in [1.54, 1.807) is 31.2 Å². The van der Waals surface area contributed by atoms with Crippen LogP contribution in [0.1, 0.15) is 23.7 Å². The van der Waals surface area contributed by atoms with Gasteiger partial charge in [-0.15, -0.1) is 0 Å².